The molecule has 2 unspecified atom stereocenters. The summed E-state index contributed by atoms with van der Waals surface area (Å²) in [4.78, 5) is 2.50. The number of hydrogen-bond acceptors (Lipinski definition) is 3. The molecule has 3 nitrogen and oxygen atoms in total. The molecule has 0 saturated heterocycles. The first-order valence-electron chi connectivity index (χ1n) is 31.9. The lowest BCUT2D eigenvalue weighted by Crippen LogP contribution is -2.33. The number of hydrogen-bond donors (Lipinski definition) is 0. The van der Waals surface area contributed by atoms with Gasteiger partial charge in [-0.3, -0.25) is 0 Å². The Balaban J connectivity index is 0.803. The molecular formula is C88H57NO2. The highest BCUT2D eigenvalue weighted by Gasteiger charge is 2.57. The molecule has 2 aromatic heterocycles. The maximum Gasteiger partial charge on any atom is 0.143 e. The third-order valence-electron chi connectivity index (χ3n) is 21.5. The largest absolute Gasteiger partial charge is 0.456 e. The van der Waals surface area contributed by atoms with E-state index in [4.69, 9.17) is 22.0 Å². The summed E-state index contributed by atoms with van der Waals surface area (Å²) in [5.74, 6) is 0.0789. The third kappa shape index (κ3) is 6.47. The first-order chi connectivity index (χ1) is 44.9. The van der Waals surface area contributed by atoms with Crippen LogP contribution in [0, 0.1) is 0 Å². The van der Waals surface area contributed by atoms with Gasteiger partial charge in [0.15, 0.2) is 0 Å². The highest BCUT2D eigenvalue weighted by molar-refractivity contribution is 6.20. The number of allylic oxidation sites excluding steroid dienone is 5. The molecule has 6 aliphatic rings. The fraction of sp³-hybridized carbons (Fsp3) is 0.0682. The van der Waals surface area contributed by atoms with E-state index in [2.05, 4.69) is 291 Å². The molecule has 0 fully saturated rings. The van der Waals surface area contributed by atoms with Crippen LogP contribution in [0.15, 0.2) is 312 Å². The Morgan fingerprint density at radius 1 is 0.440 bits per heavy atom. The second-order valence-corrected chi connectivity index (χ2v) is 25.7. The molecule has 0 amide bonds. The Morgan fingerprint density at radius 3 is 1.68 bits per heavy atom. The minimum Gasteiger partial charge on any atom is -0.456 e. The second kappa shape index (κ2) is 18.4. The molecule has 3 heteroatoms. The van der Waals surface area contributed by atoms with Crippen molar-refractivity contribution in [2.45, 2.75) is 36.1 Å². The zero-order valence-electron chi connectivity index (χ0n) is 50.1. The molecule has 20 rings (SSSR count). The number of benzene rings is 12. The van der Waals surface area contributed by atoms with Crippen molar-refractivity contribution in [1.29, 1.82) is 0 Å². The summed E-state index contributed by atoms with van der Waals surface area (Å²) in [5, 5.41) is 4.58. The lowest BCUT2D eigenvalue weighted by molar-refractivity contribution is 0.668. The zero-order chi connectivity index (χ0) is 60.0. The van der Waals surface area contributed by atoms with E-state index in [0.717, 1.165) is 84.1 Å². The van der Waals surface area contributed by atoms with Crippen molar-refractivity contribution >= 4 is 55.1 Å². The summed E-state index contributed by atoms with van der Waals surface area (Å²) in [6.45, 7) is 12.9. The van der Waals surface area contributed by atoms with Crippen molar-refractivity contribution in [1.82, 2.24) is 0 Å². The molecule has 0 radical (unpaired) electrons. The molecule has 14 aromatic rings. The SMILES string of the molecule is C=C1/C(=C\C(=C)N(c2ccc3c(c2)C(C)c2cc(-c4ccccc4-c4ccccc4)c4oc5ccccc5c4c2-3)C2C=CC=CC2)C2(c3cc4c(cc31)C1(c3ccccc3-c3ccccc31)c1ccc3oc5ccccc5c3c1-4)c1ccccc1-c1ccccc12. The predicted molar refractivity (Wildman–Crippen MR) is 375 cm³/mol. The molecule has 2 heterocycles. The summed E-state index contributed by atoms with van der Waals surface area (Å²) in [6, 6.07) is 92.5. The number of para-hydroxylation sites is 2. The Morgan fingerprint density at radius 2 is 1.01 bits per heavy atom. The van der Waals surface area contributed by atoms with Gasteiger partial charge in [-0.1, -0.05) is 245 Å². The Kier molecular flexibility index (Phi) is 10.3. The summed E-state index contributed by atoms with van der Waals surface area (Å²) >= 11 is 0. The van der Waals surface area contributed by atoms with Crippen LogP contribution in [0.1, 0.15) is 74.9 Å². The molecule has 12 aromatic carbocycles. The molecule has 426 valence electrons. The number of fused-ring (bicyclic) bond motifs is 28. The van der Waals surface area contributed by atoms with Gasteiger partial charge >= 0.3 is 0 Å². The zero-order valence-corrected chi connectivity index (χ0v) is 50.1. The van der Waals surface area contributed by atoms with Crippen LogP contribution in [-0.4, -0.2) is 6.04 Å². The van der Waals surface area contributed by atoms with Crippen LogP contribution in [0.2, 0.25) is 0 Å². The second-order valence-electron chi connectivity index (χ2n) is 25.7. The van der Waals surface area contributed by atoms with E-state index in [-0.39, 0.29) is 12.0 Å². The van der Waals surface area contributed by atoms with Gasteiger partial charge in [-0.25, -0.2) is 0 Å². The molecule has 2 atom stereocenters. The van der Waals surface area contributed by atoms with Crippen LogP contribution in [0.3, 0.4) is 0 Å². The normalized spacial score (nSPS) is 17.2. The molecule has 91 heavy (non-hydrogen) atoms. The monoisotopic (exact) mass is 1160 g/mol. The van der Waals surface area contributed by atoms with E-state index < -0.39 is 10.8 Å². The van der Waals surface area contributed by atoms with Gasteiger partial charge in [0.1, 0.15) is 22.3 Å². The highest BCUT2D eigenvalue weighted by atomic mass is 16.3. The van der Waals surface area contributed by atoms with E-state index in [0.29, 0.717) is 0 Å². The number of furan rings is 2. The smallest absolute Gasteiger partial charge is 0.143 e. The summed E-state index contributed by atoms with van der Waals surface area (Å²) in [6.07, 6.45) is 12.3. The number of rotatable bonds is 6. The van der Waals surface area contributed by atoms with Crippen molar-refractivity contribution < 1.29 is 8.83 Å². The van der Waals surface area contributed by atoms with Gasteiger partial charge in [0.25, 0.3) is 0 Å². The standard InChI is InChI=1S/C88H57NO2/c1-51(89(55-26-8-5-9-27-55)56-42-43-63-66(47-56)52(2)68-48-69(58-29-11-10-28-57(58)54-24-6-4-7-25-54)86-85(82(63)68)65-35-17-23-41-80(65)91-86)46-76-53(3)67-49-78-70(50-77(67)88(76)73-38-20-14-32-61(73)62-33-15-21-39-74(62)88)83-75(44-45-81-84(83)64-34-16-22-40-79(64)90-81)87(78)71-36-18-12-30-59(71)60-31-13-19-37-72(60)87/h4-26,28-50,52,55H,1,3,27H2,2H3/b76-46+. The van der Waals surface area contributed by atoms with Crippen LogP contribution in [0.25, 0.3) is 116 Å². The minimum atomic E-state index is -0.747. The van der Waals surface area contributed by atoms with E-state index in [1.807, 2.05) is 0 Å². The maximum absolute atomic E-state index is 7.02. The van der Waals surface area contributed by atoms with Gasteiger partial charge in [-0.05, 0) is 189 Å². The lowest BCUT2D eigenvalue weighted by atomic mass is 9.68. The predicted octanol–water partition coefficient (Wildman–Crippen LogP) is 22.5. The van der Waals surface area contributed by atoms with Crippen molar-refractivity contribution in [3.05, 3.63) is 359 Å². The molecule has 2 spiro atoms. The lowest BCUT2D eigenvalue weighted by Gasteiger charge is -2.35. The van der Waals surface area contributed by atoms with Crippen LogP contribution < -0.4 is 4.90 Å². The topological polar surface area (TPSA) is 29.5 Å². The van der Waals surface area contributed by atoms with Crippen LogP contribution in [0.5, 0.6) is 0 Å². The maximum atomic E-state index is 7.02. The van der Waals surface area contributed by atoms with E-state index in [9.17, 15) is 0 Å². The van der Waals surface area contributed by atoms with E-state index >= 15 is 0 Å². The van der Waals surface area contributed by atoms with Crippen molar-refractivity contribution in [2.24, 2.45) is 0 Å². The van der Waals surface area contributed by atoms with Gasteiger partial charge < -0.3 is 13.7 Å². The van der Waals surface area contributed by atoms with Gasteiger partial charge in [-0.2, -0.15) is 0 Å². The molecule has 0 bridgehead atoms. The Labute approximate surface area is 527 Å². The third-order valence-corrected chi connectivity index (χ3v) is 21.5. The number of nitrogens with zero attached hydrogens (tertiary/aromatic N) is 1. The van der Waals surface area contributed by atoms with E-state index in [1.54, 1.807) is 0 Å². The summed E-state index contributed by atoms with van der Waals surface area (Å²) in [5.41, 5.74) is 33.7. The van der Waals surface area contributed by atoms with Gasteiger partial charge in [-0.15, -0.1) is 0 Å². The summed E-state index contributed by atoms with van der Waals surface area (Å²) < 4.78 is 13.8. The average molecular weight is 1160 g/mol. The molecular weight excluding hydrogens is 1100 g/mol. The van der Waals surface area contributed by atoms with Crippen LogP contribution in [0.4, 0.5) is 5.69 Å². The van der Waals surface area contributed by atoms with Crippen molar-refractivity contribution in [3.63, 3.8) is 0 Å². The molecule has 0 saturated carbocycles. The van der Waals surface area contributed by atoms with Crippen molar-refractivity contribution in [2.75, 3.05) is 4.90 Å². The van der Waals surface area contributed by atoms with Crippen LogP contribution >= 0.6 is 0 Å². The molecule has 0 aliphatic heterocycles. The van der Waals surface area contributed by atoms with Gasteiger partial charge in [0.05, 0.1) is 16.9 Å². The first kappa shape index (κ1) is 50.7. The molecule has 6 aliphatic carbocycles. The van der Waals surface area contributed by atoms with E-state index in [1.165, 1.54) is 111 Å². The average Bonchev–Trinajstić information content (AvgIpc) is 1.49. The fourth-order valence-electron chi connectivity index (χ4n) is 17.9. The summed E-state index contributed by atoms with van der Waals surface area (Å²) in [7, 11) is 0. The van der Waals surface area contributed by atoms with Crippen molar-refractivity contribution in [3.8, 4) is 66.8 Å². The fourth-order valence-corrected chi connectivity index (χ4v) is 17.9. The first-order valence-corrected chi connectivity index (χ1v) is 31.9. The number of anilines is 1. The minimum absolute atomic E-state index is 0.0110. The van der Waals surface area contributed by atoms with Crippen LogP contribution in [-0.2, 0) is 10.8 Å². The Hall–Kier alpha value is -11.3. The quantitative estimate of drug-likeness (QED) is 0.166. The van der Waals surface area contributed by atoms with Gasteiger partial charge in [0, 0.05) is 44.4 Å². The highest BCUT2D eigenvalue weighted by Crippen LogP contribution is 2.69. The molecule has 0 N–H and O–H groups in total. The van der Waals surface area contributed by atoms with Gasteiger partial charge in [0.2, 0.25) is 0 Å². The Bertz CT molecular complexity index is 5620.